The standard InChI is InChI=1S/C22H26N6O2/c1-14(16-10-21(29)25-11-16)30-20-9-15(8-19-22(20)27-13-26-19)18-3-2-17(12-24-18)28-6-4-23-5-7-28/h2-3,8-9,12-14,16,23H,4-7,10-11H2,1H3,(H,25,29)(H,26,27)/t14-,16-/m1/s1. The zero-order valence-corrected chi connectivity index (χ0v) is 17.0. The van der Waals surface area contributed by atoms with Crippen molar-refractivity contribution < 1.29 is 9.53 Å². The molecule has 5 rings (SSSR count). The number of H-pyrrole nitrogens is 1. The number of carbonyl (C=O) groups is 1. The molecule has 0 spiro atoms. The van der Waals surface area contributed by atoms with Crippen molar-refractivity contribution >= 4 is 22.6 Å². The summed E-state index contributed by atoms with van der Waals surface area (Å²) < 4.78 is 6.28. The van der Waals surface area contributed by atoms with E-state index in [0.29, 0.717) is 18.7 Å². The van der Waals surface area contributed by atoms with Crippen molar-refractivity contribution in [2.45, 2.75) is 19.4 Å². The molecule has 2 fully saturated rings. The van der Waals surface area contributed by atoms with E-state index in [1.165, 1.54) is 0 Å². The number of anilines is 1. The first-order chi connectivity index (χ1) is 14.7. The van der Waals surface area contributed by atoms with Crippen molar-refractivity contribution in [3.63, 3.8) is 0 Å². The number of hydrogen-bond donors (Lipinski definition) is 3. The highest BCUT2D eigenvalue weighted by molar-refractivity contribution is 5.87. The third-order valence-corrected chi connectivity index (χ3v) is 6.00. The summed E-state index contributed by atoms with van der Waals surface area (Å²) in [6, 6.07) is 8.23. The van der Waals surface area contributed by atoms with E-state index in [2.05, 4.69) is 37.6 Å². The van der Waals surface area contributed by atoms with Gasteiger partial charge in [-0.05, 0) is 31.2 Å². The number of nitrogens with zero attached hydrogens (tertiary/aromatic N) is 3. The average molecular weight is 406 g/mol. The fraction of sp³-hybridized carbons (Fsp3) is 0.409. The first-order valence-corrected chi connectivity index (χ1v) is 10.5. The number of nitrogens with one attached hydrogen (secondary N) is 3. The van der Waals surface area contributed by atoms with Crippen LogP contribution in [0.2, 0.25) is 0 Å². The van der Waals surface area contributed by atoms with Crippen molar-refractivity contribution in [3.05, 3.63) is 36.8 Å². The van der Waals surface area contributed by atoms with Gasteiger partial charge in [0.05, 0.1) is 29.4 Å². The van der Waals surface area contributed by atoms with Crippen molar-refractivity contribution in [3.8, 4) is 17.0 Å². The maximum absolute atomic E-state index is 11.6. The molecule has 2 saturated heterocycles. The molecule has 2 atom stereocenters. The minimum Gasteiger partial charge on any atom is -0.488 e. The molecule has 2 aromatic heterocycles. The molecule has 0 bridgehead atoms. The Morgan fingerprint density at radius 1 is 1.20 bits per heavy atom. The van der Waals surface area contributed by atoms with E-state index >= 15 is 0 Å². The Balaban J connectivity index is 1.41. The predicted octanol–water partition coefficient (Wildman–Crippen LogP) is 1.94. The topological polar surface area (TPSA) is 95.2 Å². The van der Waals surface area contributed by atoms with E-state index < -0.39 is 0 Å². The monoisotopic (exact) mass is 406 g/mol. The normalized spacial score (nSPS) is 20.4. The molecule has 8 nitrogen and oxygen atoms in total. The lowest BCUT2D eigenvalue weighted by Gasteiger charge is -2.29. The third kappa shape index (κ3) is 3.70. The van der Waals surface area contributed by atoms with Crippen LogP contribution in [0.4, 0.5) is 5.69 Å². The second-order valence-electron chi connectivity index (χ2n) is 8.00. The number of hydrogen-bond acceptors (Lipinski definition) is 6. The third-order valence-electron chi connectivity index (χ3n) is 6.00. The van der Waals surface area contributed by atoms with Gasteiger partial charge in [0, 0.05) is 50.6 Å². The molecule has 2 aliphatic rings. The predicted molar refractivity (Wildman–Crippen MR) is 116 cm³/mol. The molecular weight excluding hydrogens is 380 g/mol. The Labute approximate surface area is 175 Å². The summed E-state index contributed by atoms with van der Waals surface area (Å²) in [6.07, 6.45) is 4.02. The lowest BCUT2D eigenvalue weighted by Crippen LogP contribution is -2.43. The molecule has 156 valence electrons. The smallest absolute Gasteiger partial charge is 0.220 e. The second kappa shape index (κ2) is 7.95. The fourth-order valence-corrected chi connectivity index (χ4v) is 4.18. The molecule has 0 saturated carbocycles. The number of fused-ring (bicyclic) bond motifs is 1. The lowest BCUT2D eigenvalue weighted by atomic mass is 10.0. The first kappa shape index (κ1) is 18.9. The Kier molecular flexibility index (Phi) is 5.00. The molecule has 2 aliphatic heterocycles. The number of piperazine rings is 1. The van der Waals surface area contributed by atoms with E-state index in [9.17, 15) is 4.79 Å². The molecule has 0 unspecified atom stereocenters. The Morgan fingerprint density at radius 3 is 2.80 bits per heavy atom. The van der Waals surface area contributed by atoms with Gasteiger partial charge in [-0.1, -0.05) is 0 Å². The molecular formula is C22H26N6O2. The highest BCUT2D eigenvalue weighted by Crippen LogP contribution is 2.32. The maximum atomic E-state index is 11.6. The molecule has 4 heterocycles. The van der Waals surface area contributed by atoms with Gasteiger partial charge in [-0.15, -0.1) is 0 Å². The fourth-order valence-electron chi connectivity index (χ4n) is 4.18. The van der Waals surface area contributed by atoms with Crippen LogP contribution in [-0.4, -0.2) is 59.7 Å². The quantitative estimate of drug-likeness (QED) is 0.599. The average Bonchev–Trinajstić information content (AvgIpc) is 3.43. The van der Waals surface area contributed by atoms with Gasteiger partial charge in [-0.3, -0.25) is 9.78 Å². The number of pyridine rings is 1. The van der Waals surface area contributed by atoms with E-state index in [4.69, 9.17) is 9.72 Å². The molecule has 1 aromatic carbocycles. The van der Waals surface area contributed by atoms with Crippen LogP contribution < -0.4 is 20.3 Å². The van der Waals surface area contributed by atoms with Crippen LogP contribution in [0.1, 0.15) is 13.3 Å². The Bertz CT molecular complexity index is 1040. The van der Waals surface area contributed by atoms with Gasteiger partial charge in [0.1, 0.15) is 17.4 Å². The van der Waals surface area contributed by atoms with Crippen molar-refractivity contribution in [2.24, 2.45) is 5.92 Å². The van der Waals surface area contributed by atoms with Gasteiger partial charge in [-0.2, -0.15) is 0 Å². The molecule has 3 aromatic rings. The molecule has 3 N–H and O–H groups in total. The van der Waals surface area contributed by atoms with Crippen LogP contribution in [0.25, 0.3) is 22.3 Å². The van der Waals surface area contributed by atoms with Gasteiger partial charge < -0.3 is 25.3 Å². The number of imidazole rings is 1. The van der Waals surface area contributed by atoms with E-state index in [-0.39, 0.29) is 17.9 Å². The van der Waals surface area contributed by atoms with E-state index in [1.54, 1.807) is 6.33 Å². The van der Waals surface area contributed by atoms with Crippen LogP contribution in [0.3, 0.4) is 0 Å². The summed E-state index contributed by atoms with van der Waals surface area (Å²) in [5.74, 6) is 0.957. The van der Waals surface area contributed by atoms with Crippen molar-refractivity contribution in [2.75, 3.05) is 37.6 Å². The molecule has 0 radical (unpaired) electrons. The summed E-state index contributed by atoms with van der Waals surface area (Å²) in [7, 11) is 0. The van der Waals surface area contributed by atoms with Crippen molar-refractivity contribution in [1.82, 2.24) is 25.6 Å². The van der Waals surface area contributed by atoms with Gasteiger partial charge in [0.2, 0.25) is 5.91 Å². The number of carbonyl (C=O) groups excluding carboxylic acids is 1. The number of aromatic nitrogens is 3. The number of rotatable bonds is 5. The molecule has 0 aliphatic carbocycles. The minimum atomic E-state index is -0.0952. The van der Waals surface area contributed by atoms with Crippen LogP contribution in [0.5, 0.6) is 5.75 Å². The highest BCUT2D eigenvalue weighted by Gasteiger charge is 2.28. The van der Waals surface area contributed by atoms with Crippen LogP contribution in [-0.2, 0) is 4.79 Å². The molecule has 30 heavy (non-hydrogen) atoms. The van der Waals surface area contributed by atoms with Crippen LogP contribution in [0.15, 0.2) is 36.8 Å². The van der Waals surface area contributed by atoms with Crippen molar-refractivity contribution in [1.29, 1.82) is 0 Å². The minimum absolute atomic E-state index is 0.0860. The SMILES string of the molecule is C[C@@H](Oc1cc(-c2ccc(N3CCNCC3)cn2)cc2[nH]cnc12)[C@H]1CNC(=O)C1. The molecule has 8 heteroatoms. The van der Waals surface area contributed by atoms with Gasteiger partial charge >= 0.3 is 0 Å². The number of ether oxygens (including phenoxy) is 1. The second-order valence-corrected chi connectivity index (χ2v) is 8.00. The number of amides is 1. The first-order valence-electron chi connectivity index (χ1n) is 10.5. The van der Waals surface area contributed by atoms with Gasteiger partial charge in [0.25, 0.3) is 0 Å². The van der Waals surface area contributed by atoms with Gasteiger partial charge in [0.15, 0.2) is 0 Å². The lowest BCUT2D eigenvalue weighted by molar-refractivity contribution is -0.119. The maximum Gasteiger partial charge on any atom is 0.220 e. The van der Waals surface area contributed by atoms with Crippen LogP contribution in [0, 0.1) is 5.92 Å². The summed E-state index contributed by atoms with van der Waals surface area (Å²) in [4.78, 5) is 26.2. The highest BCUT2D eigenvalue weighted by atomic mass is 16.5. The zero-order chi connectivity index (χ0) is 20.5. The van der Waals surface area contributed by atoms with Gasteiger partial charge in [-0.25, -0.2) is 4.98 Å². The van der Waals surface area contributed by atoms with E-state index in [0.717, 1.165) is 54.2 Å². The Hall–Kier alpha value is -3.13. The summed E-state index contributed by atoms with van der Waals surface area (Å²) >= 11 is 0. The summed E-state index contributed by atoms with van der Waals surface area (Å²) in [6.45, 7) is 6.65. The molecule has 1 amide bonds. The Morgan fingerprint density at radius 2 is 2.07 bits per heavy atom. The summed E-state index contributed by atoms with van der Waals surface area (Å²) in [5.41, 5.74) is 4.71. The number of aromatic amines is 1. The number of benzene rings is 1. The van der Waals surface area contributed by atoms with E-state index in [1.807, 2.05) is 25.3 Å². The largest absolute Gasteiger partial charge is 0.488 e. The zero-order valence-electron chi connectivity index (χ0n) is 17.0. The summed E-state index contributed by atoms with van der Waals surface area (Å²) in [5, 5.41) is 6.25. The van der Waals surface area contributed by atoms with Crippen LogP contribution >= 0.6 is 0 Å².